The van der Waals surface area contributed by atoms with Gasteiger partial charge in [-0.1, -0.05) is 0 Å². The monoisotopic (exact) mass is 247 g/mol. The third kappa shape index (κ3) is 2.08. The Kier molecular flexibility index (Phi) is 2.74. The van der Waals surface area contributed by atoms with Crippen LogP contribution in [0.5, 0.6) is 0 Å². The molecule has 18 heavy (non-hydrogen) atoms. The van der Waals surface area contributed by atoms with Gasteiger partial charge in [0.1, 0.15) is 11.5 Å². The molecular formula is C13H14FN3O. The van der Waals surface area contributed by atoms with E-state index < -0.39 is 0 Å². The summed E-state index contributed by atoms with van der Waals surface area (Å²) in [6.45, 7) is 1.70. The molecule has 3 rings (SSSR count). The van der Waals surface area contributed by atoms with Gasteiger partial charge in [0.05, 0.1) is 12.1 Å². The topological polar surface area (TPSA) is 37.6 Å². The molecule has 1 amide bonds. The van der Waals surface area contributed by atoms with E-state index in [9.17, 15) is 9.18 Å². The van der Waals surface area contributed by atoms with Crippen molar-refractivity contribution in [3.8, 4) is 0 Å². The van der Waals surface area contributed by atoms with E-state index in [0.717, 1.165) is 25.9 Å². The number of hydrogen-bond donors (Lipinski definition) is 0. The van der Waals surface area contributed by atoms with Crippen LogP contribution >= 0.6 is 0 Å². The lowest BCUT2D eigenvalue weighted by Crippen LogP contribution is -2.29. The molecule has 0 atom stereocenters. The van der Waals surface area contributed by atoms with E-state index in [1.165, 1.54) is 12.3 Å². The summed E-state index contributed by atoms with van der Waals surface area (Å²) in [5.41, 5.74) is 1.36. The predicted molar refractivity (Wildman–Crippen MR) is 64.7 cm³/mol. The van der Waals surface area contributed by atoms with Gasteiger partial charge < -0.3 is 9.30 Å². The molecule has 0 saturated carbocycles. The van der Waals surface area contributed by atoms with Crippen LogP contribution in [-0.2, 0) is 11.2 Å². The number of carbonyl (C=O) groups is 1. The quantitative estimate of drug-likeness (QED) is 0.809. The Labute approximate surface area is 104 Å². The van der Waals surface area contributed by atoms with Crippen LogP contribution < -0.4 is 0 Å². The minimum atomic E-state index is -0.308. The molecule has 94 valence electrons. The molecule has 0 N–H and O–H groups in total. The van der Waals surface area contributed by atoms with Crippen molar-refractivity contribution in [1.82, 2.24) is 14.3 Å². The van der Waals surface area contributed by atoms with Crippen molar-refractivity contribution in [3.63, 3.8) is 0 Å². The average molecular weight is 247 g/mol. The molecule has 3 heterocycles. The van der Waals surface area contributed by atoms with E-state index in [1.807, 2.05) is 4.90 Å². The Bertz CT molecular complexity index is 587. The minimum absolute atomic E-state index is 0.108. The first-order valence-corrected chi connectivity index (χ1v) is 6.13. The van der Waals surface area contributed by atoms with E-state index >= 15 is 0 Å². The van der Waals surface area contributed by atoms with Crippen LogP contribution in [0.3, 0.4) is 0 Å². The van der Waals surface area contributed by atoms with Gasteiger partial charge in [0.15, 0.2) is 0 Å². The summed E-state index contributed by atoms with van der Waals surface area (Å²) >= 11 is 0. The van der Waals surface area contributed by atoms with E-state index in [2.05, 4.69) is 4.98 Å². The second kappa shape index (κ2) is 4.40. The number of nitrogens with zero attached hydrogens (tertiary/aromatic N) is 3. The second-order valence-electron chi connectivity index (χ2n) is 4.61. The number of likely N-dealkylation sites (tertiary alicyclic amines) is 1. The highest BCUT2D eigenvalue weighted by Gasteiger charge is 2.19. The smallest absolute Gasteiger partial charge is 0.228 e. The first-order valence-electron chi connectivity index (χ1n) is 6.13. The zero-order chi connectivity index (χ0) is 12.5. The maximum atomic E-state index is 13.0. The van der Waals surface area contributed by atoms with E-state index in [0.29, 0.717) is 17.8 Å². The number of hydrogen-bond acceptors (Lipinski definition) is 2. The zero-order valence-electron chi connectivity index (χ0n) is 9.97. The predicted octanol–water partition coefficient (Wildman–Crippen LogP) is 1.64. The zero-order valence-corrected chi connectivity index (χ0v) is 9.97. The van der Waals surface area contributed by atoms with Crippen molar-refractivity contribution in [2.24, 2.45) is 0 Å². The largest absolute Gasteiger partial charge is 0.342 e. The summed E-state index contributed by atoms with van der Waals surface area (Å²) < 4.78 is 14.6. The molecule has 0 spiro atoms. The Hall–Kier alpha value is -1.91. The van der Waals surface area contributed by atoms with Crippen LogP contribution in [0.1, 0.15) is 18.5 Å². The highest BCUT2D eigenvalue weighted by Crippen LogP contribution is 2.12. The number of pyridine rings is 1. The number of rotatable bonds is 2. The van der Waals surface area contributed by atoms with Crippen molar-refractivity contribution in [1.29, 1.82) is 0 Å². The van der Waals surface area contributed by atoms with Crippen molar-refractivity contribution >= 4 is 11.6 Å². The molecule has 0 aliphatic carbocycles. The van der Waals surface area contributed by atoms with Crippen LogP contribution in [0.4, 0.5) is 4.39 Å². The minimum Gasteiger partial charge on any atom is -0.342 e. The maximum absolute atomic E-state index is 13.0. The number of carbonyl (C=O) groups excluding carboxylic acids is 1. The van der Waals surface area contributed by atoms with Crippen LogP contribution in [0.2, 0.25) is 0 Å². The van der Waals surface area contributed by atoms with E-state index in [1.54, 1.807) is 16.7 Å². The Morgan fingerprint density at radius 2 is 2.06 bits per heavy atom. The molecule has 1 aliphatic rings. The number of amides is 1. The summed E-state index contributed by atoms with van der Waals surface area (Å²) in [6, 6.07) is 2.98. The van der Waals surface area contributed by atoms with E-state index in [-0.39, 0.29) is 11.7 Å². The molecule has 1 aliphatic heterocycles. The van der Waals surface area contributed by atoms with E-state index in [4.69, 9.17) is 0 Å². The van der Waals surface area contributed by atoms with Gasteiger partial charge in [-0.05, 0) is 25.0 Å². The highest BCUT2D eigenvalue weighted by molar-refractivity contribution is 5.78. The number of aromatic nitrogens is 2. The fraction of sp³-hybridized carbons (Fsp3) is 0.385. The van der Waals surface area contributed by atoms with Gasteiger partial charge in [-0.2, -0.15) is 0 Å². The van der Waals surface area contributed by atoms with Crippen LogP contribution in [0.15, 0.2) is 24.5 Å². The maximum Gasteiger partial charge on any atom is 0.228 e. The summed E-state index contributed by atoms with van der Waals surface area (Å²) in [4.78, 5) is 18.1. The molecule has 0 radical (unpaired) electrons. The second-order valence-corrected chi connectivity index (χ2v) is 4.61. The molecule has 0 bridgehead atoms. The van der Waals surface area contributed by atoms with Crippen LogP contribution in [-0.4, -0.2) is 33.3 Å². The summed E-state index contributed by atoms with van der Waals surface area (Å²) in [7, 11) is 0. The average Bonchev–Trinajstić information content (AvgIpc) is 2.95. The summed E-state index contributed by atoms with van der Waals surface area (Å²) in [5, 5.41) is 0. The van der Waals surface area contributed by atoms with Crippen molar-refractivity contribution in [2.75, 3.05) is 13.1 Å². The normalized spacial score (nSPS) is 15.5. The summed E-state index contributed by atoms with van der Waals surface area (Å²) in [6.07, 6.45) is 5.55. The molecule has 1 fully saturated rings. The highest BCUT2D eigenvalue weighted by atomic mass is 19.1. The van der Waals surface area contributed by atoms with Crippen molar-refractivity contribution in [3.05, 3.63) is 36.0 Å². The van der Waals surface area contributed by atoms with Gasteiger partial charge in [0.2, 0.25) is 5.91 Å². The SMILES string of the molecule is O=C(Cc1cn2cc(F)ccc2n1)N1CCCC1. The number of halogens is 1. The Morgan fingerprint density at radius 3 is 2.83 bits per heavy atom. The van der Waals surface area contributed by atoms with Crippen molar-refractivity contribution < 1.29 is 9.18 Å². The number of imidazole rings is 1. The fourth-order valence-corrected chi connectivity index (χ4v) is 2.34. The Balaban J connectivity index is 1.79. The third-order valence-electron chi connectivity index (χ3n) is 3.26. The molecule has 0 aromatic carbocycles. The van der Waals surface area contributed by atoms with Gasteiger partial charge in [-0.3, -0.25) is 4.79 Å². The van der Waals surface area contributed by atoms with Gasteiger partial charge in [-0.15, -0.1) is 0 Å². The standard InChI is InChI=1S/C13H14FN3O/c14-10-3-4-12-15-11(9-17(12)8-10)7-13(18)16-5-1-2-6-16/h3-4,8-9H,1-2,5-7H2. The van der Waals surface area contributed by atoms with Gasteiger partial charge in [-0.25, -0.2) is 9.37 Å². The number of fused-ring (bicyclic) bond motifs is 1. The first kappa shape index (κ1) is 11.2. The third-order valence-corrected chi connectivity index (χ3v) is 3.26. The molecule has 2 aromatic heterocycles. The molecular weight excluding hydrogens is 233 g/mol. The van der Waals surface area contributed by atoms with Gasteiger partial charge in [0, 0.05) is 25.5 Å². The molecule has 5 heteroatoms. The lowest BCUT2D eigenvalue weighted by Gasteiger charge is -2.13. The Morgan fingerprint density at radius 1 is 1.28 bits per heavy atom. The molecule has 4 nitrogen and oxygen atoms in total. The lowest BCUT2D eigenvalue weighted by atomic mass is 10.3. The molecule has 2 aromatic rings. The van der Waals surface area contributed by atoms with Crippen molar-refractivity contribution in [2.45, 2.75) is 19.3 Å². The van der Waals surface area contributed by atoms with Crippen LogP contribution in [0.25, 0.3) is 5.65 Å². The fourth-order valence-electron chi connectivity index (χ4n) is 2.34. The van der Waals surface area contributed by atoms with Gasteiger partial charge in [0.25, 0.3) is 0 Å². The van der Waals surface area contributed by atoms with Crippen LogP contribution in [0, 0.1) is 5.82 Å². The molecule has 1 saturated heterocycles. The van der Waals surface area contributed by atoms with Gasteiger partial charge >= 0.3 is 0 Å². The lowest BCUT2D eigenvalue weighted by molar-refractivity contribution is -0.129. The first-order chi connectivity index (χ1) is 8.72. The molecule has 0 unspecified atom stereocenters. The summed E-state index contributed by atoms with van der Waals surface area (Å²) in [5.74, 6) is -0.200.